The average Bonchev–Trinajstić information content (AvgIpc) is 2.38. The topological polar surface area (TPSA) is 81.4 Å². The average molecular weight is 278 g/mol. The molecule has 5 heteroatoms. The molecule has 1 rings (SSSR count). The Bertz CT molecular complexity index is 524. The Balaban J connectivity index is 3.01. The third-order valence-corrected chi connectivity index (χ3v) is 3.27. The number of esters is 1. The lowest BCUT2D eigenvalue weighted by Crippen LogP contribution is -2.45. The number of ether oxygens (including phenoxy) is 1. The normalized spacial score (nSPS) is 12.1. The van der Waals surface area contributed by atoms with Gasteiger partial charge in [0.05, 0.1) is 7.11 Å². The fourth-order valence-corrected chi connectivity index (χ4v) is 1.96. The molecule has 0 saturated carbocycles. The molecule has 0 bridgehead atoms. The molecular weight excluding hydrogens is 256 g/mol. The molecule has 1 aromatic rings. The van der Waals surface area contributed by atoms with Gasteiger partial charge < -0.3 is 15.8 Å². The highest BCUT2D eigenvalue weighted by molar-refractivity contribution is 5.98. The Morgan fingerprint density at radius 3 is 2.30 bits per heavy atom. The Hall–Kier alpha value is -2.04. The zero-order valence-electron chi connectivity index (χ0n) is 12.6. The van der Waals surface area contributed by atoms with Crippen molar-refractivity contribution >= 4 is 17.6 Å². The van der Waals surface area contributed by atoms with Crippen LogP contribution in [-0.4, -0.2) is 25.0 Å². The van der Waals surface area contributed by atoms with Gasteiger partial charge in [-0.15, -0.1) is 0 Å². The summed E-state index contributed by atoms with van der Waals surface area (Å²) >= 11 is 0. The Morgan fingerprint density at radius 1 is 1.20 bits per heavy atom. The second-order valence-corrected chi connectivity index (χ2v) is 5.24. The lowest BCUT2D eigenvalue weighted by Gasteiger charge is -2.20. The number of methoxy groups -OCH3 is 1. The van der Waals surface area contributed by atoms with Crippen molar-refractivity contribution in [2.24, 2.45) is 5.92 Å². The number of hydrogen-bond donors (Lipinski definition) is 2. The Kier molecular flexibility index (Phi) is 5.13. The fraction of sp³-hybridized carbons (Fsp3) is 0.467. The van der Waals surface area contributed by atoms with Crippen molar-refractivity contribution in [1.29, 1.82) is 0 Å². The minimum atomic E-state index is -0.672. The van der Waals surface area contributed by atoms with Crippen molar-refractivity contribution in [3.8, 4) is 0 Å². The number of aryl methyl sites for hydroxylation is 2. The predicted molar refractivity (Wildman–Crippen MR) is 78.4 cm³/mol. The van der Waals surface area contributed by atoms with Crippen LogP contribution in [0.3, 0.4) is 0 Å². The Labute approximate surface area is 119 Å². The number of amides is 1. The standard InChI is InChI=1S/C15H22N2O3/c1-8(2)13(15(19)20-5)17-14(18)11-7-12(16)10(4)6-9(11)3/h6-8,13H,16H2,1-5H3,(H,17,18). The summed E-state index contributed by atoms with van der Waals surface area (Å²) in [6.45, 7) is 7.41. The lowest BCUT2D eigenvalue weighted by atomic mass is 10.0. The lowest BCUT2D eigenvalue weighted by molar-refractivity contribution is -0.144. The van der Waals surface area contributed by atoms with Crippen LogP contribution in [-0.2, 0) is 9.53 Å². The first-order chi connectivity index (χ1) is 9.27. The zero-order chi connectivity index (χ0) is 15.4. The summed E-state index contributed by atoms with van der Waals surface area (Å²) in [5.74, 6) is -0.834. The van der Waals surface area contributed by atoms with E-state index in [0.29, 0.717) is 11.3 Å². The molecule has 1 aromatic carbocycles. The highest BCUT2D eigenvalue weighted by atomic mass is 16.5. The van der Waals surface area contributed by atoms with Crippen LogP contribution in [0, 0.1) is 19.8 Å². The van der Waals surface area contributed by atoms with Gasteiger partial charge in [-0.3, -0.25) is 4.79 Å². The van der Waals surface area contributed by atoms with Crippen LogP contribution in [0.4, 0.5) is 5.69 Å². The molecule has 0 fully saturated rings. The van der Waals surface area contributed by atoms with Gasteiger partial charge in [-0.05, 0) is 37.0 Å². The molecule has 1 amide bonds. The minimum absolute atomic E-state index is 0.0606. The number of rotatable bonds is 4. The van der Waals surface area contributed by atoms with Gasteiger partial charge in [0, 0.05) is 11.3 Å². The van der Waals surface area contributed by atoms with E-state index in [1.54, 1.807) is 6.07 Å². The molecule has 0 aliphatic rings. The number of hydrogen-bond acceptors (Lipinski definition) is 4. The molecule has 110 valence electrons. The maximum absolute atomic E-state index is 12.3. The van der Waals surface area contributed by atoms with E-state index in [1.807, 2.05) is 33.8 Å². The molecule has 0 aliphatic heterocycles. The molecule has 5 nitrogen and oxygen atoms in total. The quantitative estimate of drug-likeness (QED) is 0.650. The van der Waals surface area contributed by atoms with Crippen LogP contribution in [0.25, 0.3) is 0 Å². The van der Waals surface area contributed by atoms with Crippen molar-refractivity contribution in [3.05, 3.63) is 28.8 Å². The summed E-state index contributed by atoms with van der Waals surface area (Å²) in [4.78, 5) is 24.0. The van der Waals surface area contributed by atoms with E-state index in [1.165, 1.54) is 7.11 Å². The number of nitrogen functional groups attached to an aromatic ring is 1. The van der Waals surface area contributed by atoms with Crippen LogP contribution in [0.2, 0.25) is 0 Å². The summed E-state index contributed by atoms with van der Waals surface area (Å²) in [5.41, 5.74) is 8.61. The van der Waals surface area contributed by atoms with E-state index in [0.717, 1.165) is 11.1 Å². The number of benzene rings is 1. The summed E-state index contributed by atoms with van der Waals surface area (Å²) in [6, 6.07) is 2.82. The van der Waals surface area contributed by atoms with Gasteiger partial charge in [-0.2, -0.15) is 0 Å². The number of nitrogens with two attached hydrogens (primary N) is 1. The van der Waals surface area contributed by atoms with Crippen molar-refractivity contribution in [3.63, 3.8) is 0 Å². The van der Waals surface area contributed by atoms with E-state index in [2.05, 4.69) is 5.32 Å². The Morgan fingerprint density at radius 2 is 1.80 bits per heavy atom. The molecule has 0 aliphatic carbocycles. The molecular formula is C15H22N2O3. The van der Waals surface area contributed by atoms with E-state index >= 15 is 0 Å². The predicted octanol–water partition coefficient (Wildman–Crippen LogP) is 1.81. The molecule has 20 heavy (non-hydrogen) atoms. The maximum Gasteiger partial charge on any atom is 0.328 e. The fourth-order valence-electron chi connectivity index (χ4n) is 1.96. The van der Waals surface area contributed by atoms with Gasteiger partial charge in [0.1, 0.15) is 6.04 Å². The van der Waals surface area contributed by atoms with E-state index in [-0.39, 0.29) is 11.8 Å². The van der Waals surface area contributed by atoms with Crippen LogP contribution < -0.4 is 11.1 Å². The number of anilines is 1. The molecule has 0 aromatic heterocycles. The van der Waals surface area contributed by atoms with Gasteiger partial charge in [0.2, 0.25) is 0 Å². The largest absolute Gasteiger partial charge is 0.467 e. The van der Waals surface area contributed by atoms with Gasteiger partial charge in [-0.1, -0.05) is 19.9 Å². The second kappa shape index (κ2) is 6.41. The van der Waals surface area contributed by atoms with Gasteiger partial charge in [-0.25, -0.2) is 4.79 Å². The third-order valence-electron chi connectivity index (χ3n) is 3.27. The van der Waals surface area contributed by atoms with Crippen molar-refractivity contribution in [2.75, 3.05) is 12.8 Å². The van der Waals surface area contributed by atoms with Crippen LogP contribution >= 0.6 is 0 Å². The summed E-state index contributed by atoms with van der Waals surface area (Å²) in [7, 11) is 1.30. The molecule has 1 unspecified atom stereocenters. The first-order valence-electron chi connectivity index (χ1n) is 6.53. The summed E-state index contributed by atoms with van der Waals surface area (Å²) in [6.07, 6.45) is 0. The highest BCUT2D eigenvalue weighted by Gasteiger charge is 2.26. The van der Waals surface area contributed by atoms with Gasteiger partial charge >= 0.3 is 5.97 Å². The minimum Gasteiger partial charge on any atom is -0.467 e. The summed E-state index contributed by atoms with van der Waals surface area (Å²) in [5, 5.41) is 2.70. The van der Waals surface area contributed by atoms with E-state index in [9.17, 15) is 9.59 Å². The van der Waals surface area contributed by atoms with Crippen molar-refractivity contribution in [1.82, 2.24) is 5.32 Å². The molecule has 1 atom stereocenters. The number of carbonyl (C=O) groups excluding carboxylic acids is 2. The van der Waals surface area contributed by atoms with Crippen LogP contribution in [0.1, 0.15) is 35.3 Å². The van der Waals surface area contributed by atoms with E-state index < -0.39 is 12.0 Å². The van der Waals surface area contributed by atoms with Crippen molar-refractivity contribution < 1.29 is 14.3 Å². The SMILES string of the molecule is COC(=O)C(NC(=O)c1cc(N)c(C)cc1C)C(C)C. The molecule has 3 N–H and O–H groups in total. The number of carbonyl (C=O) groups is 2. The van der Waals surface area contributed by atoms with Gasteiger partial charge in [0.15, 0.2) is 0 Å². The molecule has 0 radical (unpaired) electrons. The van der Waals surface area contributed by atoms with Crippen molar-refractivity contribution in [2.45, 2.75) is 33.7 Å². The zero-order valence-corrected chi connectivity index (χ0v) is 12.6. The monoisotopic (exact) mass is 278 g/mol. The van der Waals surface area contributed by atoms with E-state index in [4.69, 9.17) is 10.5 Å². The smallest absolute Gasteiger partial charge is 0.328 e. The van der Waals surface area contributed by atoms with Crippen LogP contribution in [0.15, 0.2) is 12.1 Å². The first-order valence-corrected chi connectivity index (χ1v) is 6.53. The molecule has 0 heterocycles. The van der Waals surface area contributed by atoms with Gasteiger partial charge in [0.25, 0.3) is 5.91 Å². The summed E-state index contributed by atoms with van der Waals surface area (Å²) < 4.78 is 4.71. The first kappa shape index (κ1) is 16.0. The third kappa shape index (κ3) is 3.50. The maximum atomic E-state index is 12.3. The molecule has 0 saturated heterocycles. The second-order valence-electron chi connectivity index (χ2n) is 5.24. The van der Waals surface area contributed by atoms with Crippen LogP contribution in [0.5, 0.6) is 0 Å². The number of nitrogens with one attached hydrogen (secondary N) is 1. The highest BCUT2D eigenvalue weighted by Crippen LogP contribution is 2.18. The molecule has 0 spiro atoms.